The molecule has 110 valence electrons. The third-order valence-corrected chi connectivity index (χ3v) is 3.12. The van der Waals surface area contributed by atoms with Gasteiger partial charge in [0.25, 0.3) is 5.91 Å². The summed E-state index contributed by atoms with van der Waals surface area (Å²) in [4.78, 5) is 14.7. The minimum Gasteiger partial charge on any atom is -0.483 e. The number of benzene rings is 2. The van der Waals surface area contributed by atoms with Gasteiger partial charge in [0, 0.05) is 11.6 Å². The summed E-state index contributed by atoms with van der Waals surface area (Å²) < 4.78 is 5.58. The maximum atomic E-state index is 11.7. The second-order valence-electron chi connectivity index (χ2n) is 4.68. The van der Waals surface area contributed by atoms with Crippen molar-refractivity contribution in [1.29, 1.82) is 0 Å². The molecule has 0 atom stereocenters. The molecular formula is C17H15N3O2. The van der Waals surface area contributed by atoms with Crippen molar-refractivity contribution in [1.82, 2.24) is 10.4 Å². The standard InChI is InChI=1S/C17H15N3O2/c21-17(20-19-11-14-7-4-10-18-14)12-22-16-9-3-6-13-5-1-2-8-15(13)16/h1-11,18H,12H2,(H,20,21)/b19-11+. The van der Waals surface area contributed by atoms with Crippen molar-refractivity contribution >= 4 is 22.9 Å². The molecule has 0 aliphatic rings. The third kappa shape index (κ3) is 3.32. The highest BCUT2D eigenvalue weighted by Crippen LogP contribution is 2.24. The molecule has 1 aromatic heterocycles. The van der Waals surface area contributed by atoms with E-state index in [-0.39, 0.29) is 12.5 Å². The molecule has 0 aliphatic carbocycles. The van der Waals surface area contributed by atoms with E-state index in [2.05, 4.69) is 15.5 Å². The van der Waals surface area contributed by atoms with Crippen molar-refractivity contribution in [2.24, 2.45) is 5.10 Å². The van der Waals surface area contributed by atoms with Gasteiger partial charge in [0.2, 0.25) is 0 Å². The van der Waals surface area contributed by atoms with Crippen molar-refractivity contribution in [2.45, 2.75) is 0 Å². The molecular weight excluding hydrogens is 278 g/mol. The van der Waals surface area contributed by atoms with Gasteiger partial charge in [-0.05, 0) is 23.6 Å². The van der Waals surface area contributed by atoms with E-state index in [0.717, 1.165) is 16.5 Å². The smallest absolute Gasteiger partial charge is 0.277 e. The molecule has 0 unspecified atom stereocenters. The topological polar surface area (TPSA) is 66.5 Å². The maximum absolute atomic E-state index is 11.7. The monoisotopic (exact) mass is 293 g/mol. The van der Waals surface area contributed by atoms with Gasteiger partial charge >= 0.3 is 0 Å². The predicted octanol–water partition coefficient (Wildman–Crippen LogP) is 2.70. The summed E-state index contributed by atoms with van der Waals surface area (Å²) in [5.74, 6) is 0.373. The van der Waals surface area contributed by atoms with Crippen LogP contribution in [0, 0.1) is 0 Å². The quantitative estimate of drug-likeness (QED) is 0.561. The predicted molar refractivity (Wildman–Crippen MR) is 86.0 cm³/mol. The van der Waals surface area contributed by atoms with Crippen LogP contribution in [0.2, 0.25) is 0 Å². The van der Waals surface area contributed by atoms with Crippen LogP contribution in [0.4, 0.5) is 0 Å². The van der Waals surface area contributed by atoms with E-state index in [0.29, 0.717) is 5.75 Å². The second-order valence-corrected chi connectivity index (χ2v) is 4.68. The molecule has 22 heavy (non-hydrogen) atoms. The summed E-state index contributed by atoms with van der Waals surface area (Å²) in [5.41, 5.74) is 3.24. The lowest BCUT2D eigenvalue weighted by Gasteiger charge is -2.08. The number of carbonyl (C=O) groups is 1. The van der Waals surface area contributed by atoms with Crippen molar-refractivity contribution in [3.05, 3.63) is 66.5 Å². The van der Waals surface area contributed by atoms with E-state index in [1.807, 2.05) is 54.6 Å². The molecule has 1 amide bonds. The van der Waals surface area contributed by atoms with Crippen molar-refractivity contribution in [3.8, 4) is 5.75 Å². The number of fused-ring (bicyclic) bond motifs is 1. The minimum absolute atomic E-state index is 0.0872. The highest BCUT2D eigenvalue weighted by atomic mass is 16.5. The summed E-state index contributed by atoms with van der Waals surface area (Å²) in [6.07, 6.45) is 3.32. The fourth-order valence-electron chi connectivity index (χ4n) is 2.10. The van der Waals surface area contributed by atoms with Gasteiger partial charge in [0.1, 0.15) is 5.75 Å². The Hall–Kier alpha value is -3.08. The highest BCUT2D eigenvalue weighted by molar-refractivity contribution is 5.88. The Bertz CT molecular complexity index is 789. The number of hydrazone groups is 1. The number of nitrogens with zero attached hydrogens (tertiary/aromatic N) is 1. The van der Waals surface area contributed by atoms with Crippen LogP contribution >= 0.6 is 0 Å². The molecule has 3 aromatic rings. The zero-order chi connectivity index (χ0) is 15.2. The molecule has 3 rings (SSSR count). The van der Waals surface area contributed by atoms with Crippen LogP contribution in [0.25, 0.3) is 10.8 Å². The first-order chi connectivity index (χ1) is 10.8. The number of nitrogens with one attached hydrogen (secondary N) is 2. The van der Waals surface area contributed by atoms with Crippen LogP contribution in [0.5, 0.6) is 5.75 Å². The minimum atomic E-state index is -0.309. The fraction of sp³-hybridized carbons (Fsp3) is 0.0588. The Labute approximate surface area is 127 Å². The van der Waals surface area contributed by atoms with Gasteiger partial charge in [0.05, 0.1) is 11.9 Å². The summed E-state index contributed by atoms with van der Waals surface area (Å²) in [5, 5.41) is 5.91. The largest absolute Gasteiger partial charge is 0.483 e. The number of carbonyl (C=O) groups excluding carboxylic acids is 1. The molecule has 2 N–H and O–H groups in total. The molecule has 5 heteroatoms. The fourth-order valence-corrected chi connectivity index (χ4v) is 2.10. The molecule has 1 heterocycles. The van der Waals surface area contributed by atoms with Gasteiger partial charge in [0.15, 0.2) is 6.61 Å². The molecule has 0 saturated heterocycles. The molecule has 0 saturated carbocycles. The normalized spacial score (nSPS) is 10.9. The van der Waals surface area contributed by atoms with Gasteiger partial charge in [-0.2, -0.15) is 5.10 Å². The van der Waals surface area contributed by atoms with Crippen molar-refractivity contribution in [2.75, 3.05) is 6.61 Å². The number of H-pyrrole nitrogens is 1. The average molecular weight is 293 g/mol. The number of aromatic amines is 1. The van der Waals surface area contributed by atoms with Gasteiger partial charge in [-0.1, -0.05) is 36.4 Å². The number of hydrogen-bond donors (Lipinski definition) is 2. The van der Waals surface area contributed by atoms with Crippen LogP contribution in [-0.4, -0.2) is 23.7 Å². The summed E-state index contributed by atoms with van der Waals surface area (Å²) in [6.45, 7) is -0.0872. The zero-order valence-electron chi connectivity index (χ0n) is 11.8. The molecule has 5 nitrogen and oxygen atoms in total. The number of ether oxygens (including phenoxy) is 1. The Morgan fingerprint density at radius 1 is 1.14 bits per heavy atom. The maximum Gasteiger partial charge on any atom is 0.277 e. The molecule has 2 aromatic carbocycles. The third-order valence-electron chi connectivity index (χ3n) is 3.12. The second kappa shape index (κ2) is 6.58. The Morgan fingerprint density at radius 2 is 2.00 bits per heavy atom. The summed E-state index contributed by atoms with van der Waals surface area (Å²) in [6, 6.07) is 17.3. The highest BCUT2D eigenvalue weighted by Gasteiger charge is 2.04. The van der Waals surface area contributed by atoms with E-state index in [1.165, 1.54) is 6.21 Å². The van der Waals surface area contributed by atoms with E-state index in [1.54, 1.807) is 6.20 Å². The Morgan fingerprint density at radius 3 is 2.86 bits per heavy atom. The van der Waals surface area contributed by atoms with Crippen LogP contribution in [0.3, 0.4) is 0 Å². The van der Waals surface area contributed by atoms with Crippen LogP contribution in [0.1, 0.15) is 5.69 Å². The first-order valence-corrected chi connectivity index (χ1v) is 6.89. The molecule has 0 spiro atoms. The molecule has 0 bridgehead atoms. The van der Waals surface area contributed by atoms with Gasteiger partial charge in [-0.3, -0.25) is 4.79 Å². The molecule has 0 aliphatic heterocycles. The number of hydrogen-bond acceptors (Lipinski definition) is 3. The number of aromatic nitrogens is 1. The van der Waals surface area contributed by atoms with Gasteiger partial charge < -0.3 is 9.72 Å². The first kappa shape index (κ1) is 13.9. The van der Waals surface area contributed by atoms with E-state index in [4.69, 9.17) is 4.74 Å². The van der Waals surface area contributed by atoms with Gasteiger partial charge in [-0.15, -0.1) is 0 Å². The van der Waals surface area contributed by atoms with Crippen LogP contribution in [-0.2, 0) is 4.79 Å². The SMILES string of the molecule is O=C(COc1cccc2ccccc12)N/N=C/c1ccc[nH]1. The molecule has 0 radical (unpaired) electrons. The first-order valence-electron chi connectivity index (χ1n) is 6.89. The van der Waals surface area contributed by atoms with Crippen LogP contribution < -0.4 is 10.2 Å². The van der Waals surface area contributed by atoms with Gasteiger partial charge in [-0.25, -0.2) is 5.43 Å². The lowest BCUT2D eigenvalue weighted by atomic mass is 10.1. The summed E-state index contributed by atoms with van der Waals surface area (Å²) >= 11 is 0. The average Bonchev–Trinajstić information content (AvgIpc) is 3.06. The Balaban J connectivity index is 1.58. The number of amides is 1. The van der Waals surface area contributed by atoms with Crippen LogP contribution in [0.15, 0.2) is 65.9 Å². The zero-order valence-corrected chi connectivity index (χ0v) is 11.8. The summed E-state index contributed by atoms with van der Waals surface area (Å²) in [7, 11) is 0. The van der Waals surface area contributed by atoms with E-state index >= 15 is 0 Å². The Kier molecular flexibility index (Phi) is 4.15. The lowest BCUT2D eigenvalue weighted by Crippen LogP contribution is -2.24. The number of rotatable bonds is 5. The lowest BCUT2D eigenvalue weighted by molar-refractivity contribution is -0.123. The van der Waals surface area contributed by atoms with Crippen molar-refractivity contribution < 1.29 is 9.53 Å². The van der Waals surface area contributed by atoms with E-state index in [9.17, 15) is 4.79 Å². The van der Waals surface area contributed by atoms with Crippen molar-refractivity contribution in [3.63, 3.8) is 0 Å². The van der Waals surface area contributed by atoms with E-state index < -0.39 is 0 Å². The molecule has 0 fully saturated rings.